The van der Waals surface area contributed by atoms with Crippen LogP contribution < -0.4 is 5.56 Å². The van der Waals surface area contributed by atoms with Crippen molar-refractivity contribution in [1.29, 1.82) is 0 Å². The lowest BCUT2D eigenvalue weighted by molar-refractivity contribution is 0.0379. The Kier molecular flexibility index (Phi) is 6.88. The molecule has 2 aliphatic heterocycles. The van der Waals surface area contributed by atoms with Crippen LogP contribution in [0.25, 0.3) is 21.8 Å². The second-order valence-electron chi connectivity index (χ2n) is 9.92. The highest BCUT2D eigenvalue weighted by Crippen LogP contribution is 2.30. The zero-order chi connectivity index (χ0) is 24.5. The van der Waals surface area contributed by atoms with Crippen LogP contribution in [0.15, 0.2) is 23.1 Å². The number of carbonyl (C=O) groups is 1. The molecule has 0 spiro atoms. The smallest absolute Gasteiger partial charge is 0.259 e. The number of hydrogen-bond donors (Lipinski definition) is 1. The second-order valence-corrected chi connectivity index (χ2v) is 9.92. The van der Waals surface area contributed by atoms with E-state index < -0.39 is 6.17 Å². The summed E-state index contributed by atoms with van der Waals surface area (Å²) in [4.78, 5) is 31.2. The summed E-state index contributed by atoms with van der Waals surface area (Å²) in [6.45, 7) is 6.70. The van der Waals surface area contributed by atoms with E-state index >= 15 is 0 Å². The van der Waals surface area contributed by atoms with E-state index in [0.717, 1.165) is 42.1 Å². The minimum absolute atomic E-state index is 0.00219. The van der Waals surface area contributed by atoms with Gasteiger partial charge in [0.2, 0.25) is 0 Å². The molecule has 2 saturated heterocycles. The molecule has 1 aromatic carbocycles. The van der Waals surface area contributed by atoms with E-state index in [0.29, 0.717) is 55.3 Å². The van der Waals surface area contributed by atoms with Crippen LogP contribution in [0.1, 0.15) is 54.6 Å². The van der Waals surface area contributed by atoms with E-state index in [-0.39, 0.29) is 24.1 Å². The number of hydrogen-bond acceptors (Lipinski definition) is 5. The molecule has 5 rings (SSSR count). The molecule has 4 heterocycles. The van der Waals surface area contributed by atoms with Gasteiger partial charge in [0.1, 0.15) is 6.17 Å². The van der Waals surface area contributed by atoms with Crippen LogP contribution in [-0.2, 0) is 9.47 Å². The number of nitrogens with one attached hydrogen (secondary N) is 1. The Bertz CT molecular complexity index is 1270. The number of fused-ring (bicyclic) bond motifs is 3. The number of rotatable bonds is 6. The third-order valence-electron chi connectivity index (χ3n) is 7.28. The molecule has 35 heavy (non-hydrogen) atoms. The number of carbonyl (C=O) groups excluding carboxylic acids is 1. The maximum Gasteiger partial charge on any atom is 0.259 e. The summed E-state index contributed by atoms with van der Waals surface area (Å²) in [6.07, 6.45) is 4.02. The third-order valence-corrected chi connectivity index (χ3v) is 7.28. The Morgan fingerprint density at radius 2 is 1.97 bits per heavy atom. The highest BCUT2D eigenvalue weighted by atomic mass is 19.1. The van der Waals surface area contributed by atoms with Gasteiger partial charge >= 0.3 is 0 Å². The summed E-state index contributed by atoms with van der Waals surface area (Å²) in [5.41, 5.74) is 2.80. The predicted octanol–water partition coefficient (Wildman–Crippen LogP) is 3.76. The van der Waals surface area contributed by atoms with Gasteiger partial charge in [-0.25, -0.2) is 4.39 Å². The van der Waals surface area contributed by atoms with Gasteiger partial charge in [0.05, 0.1) is 35.3 Å². The molecule has 8 nitrogen and oxygen atoms in total. The molecule has 2 aliphatic rings. The number of H-pyrrole nitrogens is 1. The van der Waals surface area contributed by atoms with E-state index in [1.165, 1.54) is 6.92 Å². The lowest BCUT2D eigenvalue weighted by Crippen LogP contribution is -2.39. The SMILES string of the molecule is Cc1cc2[nH]c(=O)c3cnn(C4CCOCC4)c3c2cc1C(=O)N1CCC(COC[C@H](C)F)CC1. The van der Waals surface area contributed by atoms with Crippen molar-refractivity contribution in [3.63, 3.8) is 0 Å². The van der Waals surface area contributed by atoms with Crippen LogP contribution >= 0.6 is 0 Å². The standard InChI is InChI=1S/C26H33FN4O4/c1-16-11-23-21(24-22(25(32)29-23)13-28-31(24)19-5-9-34-10-6-19)12-20(16)26(33)30-7-3-18(4-8-30)15-35-14-17(2)27/h11-13,17-19H,3-10,14-15H2,1-2H3,(H,29,32)/t17-/m0/s1. The van der Waals surface area contributed by atoms with Gasteiger partial charge in [-0.1, -0.05) is 0 Å². The molecule has 188 valence electrons. The Labute approximate surface area is 203 Å². The minimum atomic E-state index is -0.961. The quantitative estimate of drug-likeness (QED) is 0.575. The van der Waals surface area contributed by atoms with Crippen LogP contribution in [0, 0.1) is 12.8 Å². The van der Waals surface area contributed by atoms with Gasteiger partial charge in [-0.05, 0) is 63.1 Å². The van der Waals surface area contributed by atoms with E-state index in [9.17, 15) is 14.0 Å². The molecule has 2 fully saturated rings. The van der Waals surface area contributed by atoms with Gasteiger partial charge in [-0.3, -0.25) is 14.3 Å². The van der Waals surface area contributed by atoms with Crippen LogP contribution in [-0.4, -0.2) is 71.3 Å². The minimum Gasteiger partial charge on any atom is -0.381 e. The van der Waals surface area contributed by atoms with Gasteiger partial charge in [-0.15, -0.1) is 0 Å². The Morgan fingerprint density at radius 1 is 1.23 bits per heavy atom. The number of aryl methyl sites for hydroxylation is 1. The Morgan fingerprint density at radius 3 is 2.69 bits per heavy atom. The van der Waals surface area contributed by atoms with Crippen molar-refractivity contribution in [1.82, 2.24) is 19.7 Å². The molecule has 1 N–H and O–H groups in total. The number of aromatic amines is 1. The second kappa shape index (κ2) is 10.1. The van der Waals surface area contributed by atoms with E-state index in [4.69, 9.17) is 9.47 Å². The number of halogens is 1. The Hall–Kier alpha value is -2.78. The molecule has 2 aromatic heterocycles. The lowest BCUT2D eigenvalue weighted by atomic mass is 9.96. The first-order valence-corrected chi connectivity index (χ1v) is 12.5. The molecular formula is C26H33FN4O4. The predicted molar refractivity (Wildman–Crippen MR) is 132 cm³/mol. The summed E-state index contributed by atoms with van der Waals surface area (Å²) in [7, 11) is 0. The summed E-state index contributed by atoms with van der Waals surface area (Å²) < 4.78 is 25.9. The van der Waals surface area contributed by atoms with E-state index in [2.05, 4.69) is 10.1 Å². The lowest BCUT2D eigenvalue weighted by Gasteiger charge is -2.32. The third kappa shape index (κ3) is 4.84. The summed E-state index contributed by atoms with van der Waals surface area (Å²) in [5, 5.41) is 5.94. The molecule has 3 aromatic rings. The maximum absolute atomic E-state index is 13.5. The maximum atomic E-state index is 13.5. The normalized spacial score (nSPS) is 19.0. The van der Waals surface area contributed by atoms with E-state index in [1.807, 2.05) is 28.6 Å². The summed E-state index contributed by atoms with van der Waals surface area (Å²) >= 11 is 0. The molecule has 0 unspecified atom stereocenters. The summed E-state index contributed by atoms with van der Waals surface area (Å²) in [5.74, 6) is 0.339. The summed E-state index contributed by atoms with van der Waals surface area (Å²) in [6, 6.07) is 3.97. The van der Waals surface area contributed by atoms with Crippen LogP contribution in [0.4, 0.5) is 4.39 Å². The fourth-order valence-corrected chi connectivity index (χ4v) is 5.30. The first-order chi connectivity index (χ1) is 16.9. The van der Waals surface area contributed by atoms with Crippen molar-refractivity contribution in [2.45, 2.75) is 51.7 Å². The number of likely N-dealkylation sites (tertiary alicyclic amines) is 1. The molecule has 9 heteroatoms. The number of alkyl halides is 1. The van der Waals surface area contributed by atoms with Gasteiger partial charge in [0.25, 0.3) is 11.5 Å². The van der Waals surface area contributed by atoms with Gasteiger partial charge in [-0.2, -0.15) is 5.10 Å². The number of piperidine rings is 1. The first kappa shape index (κ1) is 23.9. The number of benzene rings is 1. The highest BCUT2D eigenvalue weighted by molar-refractivity contribution is 6.07. The number of aromatic nitrogens is 3. The fraction of sp³-hybridized carbons (Fsp3) is 0.577. The number of amides is 1. The zero-order valence-electron chi connectivity index (χ0n) is 20.4. The topological polar surface area (TPSA) is 89.4 Å². The number of nitrogens with zero attached hydrogens (tertiary/aromatic N) is 3. The van der Waals surface area contributed by atoms with Gasteiger partial charge in [0.15, 0.2) is 0 Å². The van der Waals surface area contributed by atoms with Crippen LogP contribution in [0.2, 0.25) is 0 Å². The molecule has 0 aliphatic carbocycles. The van der Waals surface area contributed by atoms with Crippen LogP contribution in [0.3, 0.4) is 0 Å². The Balaban J connectivity index is 1.43. The molecule has 1 amide bonds. The monoisotopic (exact) mass is 484 g/mol. The van der Waals surface area contributed by atoms with Crippen molar-refractivity contribution >= 4 is 27.7 Å². The molecule has 1 atom stereocenters. The van der Waals surface area contributed by atoms with E-state index in [1.54, 1.807) is 6.20 Å². The van der Waals surface area contributed by atoms with Crippen LogP contribution in [0.5, 0.6) is 0 Å². The van der Waals surface area contributed by atoms with Crippen molar-refractivity contribution in [3.05, 3.63) is 39.8 Å². The zero-order valence-corrected chi connectivity index (χ0v) is 20.4. The number of ether oxygens (including phenoxy) is 2. The first-order valence-electron chi connectivity index (χ1n) is 12.5. The molecule has 0 radical (unpaired) electrons. The van der Waals surface area contributed by atoms with Crippen molar-refractivity contribution in [2.24, 2.45) is 5.92 Å². The van der Waals surface area contributed by atoms with Crippen molar-refractivity contribution < 1.29 is 18.7 Å². The average molecular weight is 485 g/mol. The van der Waals surface area contributed by atoms with Crippen molar-refractivity contribution in [3.8, 4) is 0 Å². The largest absolute Gasteiger partial charge is 0.381 e. The highest BCUT2D eigenvalue weighted by Gasteiger charge is 2.26. The molecular weight excluding hydrogens is 451 g/mol. The molecule has 0 bridgehead atoms. The van der Waals surface area contributed by atoms with Crippen molar-refractivity contribution in [2.75, 3.05) is 39.5 Å². The average Bonchev–Trinajstić information content (AvgIpc) is 3.30. The fourth-order valence-electron chi connectivity index (χ4n) is 5.30. The van der Waals surface area contributed by atoms with Gasteiger partial charge < -0.3 is 19.4 Å². The van der Waals surface area contributed by atoms with Gasteiger partial charge in [0, 0.05) is 43.9 Å². The number of pyridine rings is 1. The molecule has 0 saturated carbocycles.